The van der Waals surface area contributed by atoms with E-state index in [0.29, 0.717) is 0 Å². The lowest BCUT2D eigenvalue weighted by Gasteiger charge is -2.11. The number of aromatic nitrogens is 1. The summed E-state index contributed by atoms with van der Waals surface area (Å²) in [6, 6.07) is 10.0. The van der Waals surface area contributed by atoms with Crippen LogP contribution in [0.4, 0.5) is 0 Å². The predicted octanol–water partition coefficient (Wildman–Crippen LogP) is 2.81. The third-order valence-electron chi connectivity index (χ3n) is 2.50. The first-order chi connectivity index (χ1) is 7.33. The predicted molar refractivity (Wildman–Crippen MR) is 63.5 cm³/mol. The molecule has 0 saturated heterocycles. The molecule has 76 valence electrons. The van der Waals surface area contributed by atoms with Crippen molar-refractivity contribution in [2.75, 3.05) is 0 Å². The van der Waals surface area contributed by atoms with Gasteiger partial charge >= 0.3 is 0 Å². The molecule has 0 aliphatic heterocycles. The minimum atomic E-state index is 0.00963. The van der Waals surface area contributed by atoms with E-state index in [-0.39, 0.29) is 6.04 Å². The zero-order chi connectivity index (χ0) is 10.7. The summed E-state index contributed by atoms with van der Waals surface area (Å²) in [5.74, 6) is 0. The normalized spacial score (nSPS) is 12.6. The van der Waals surface area contributed by atoms with Crippen molar-refractivity contribution in [2.24, 2.45) is 5.73 Å². The van der Waals surface area contributed by atoms with Crippen molar-refractivity contribution < 1.29 is 0 Å². The summed E-state index contributed by atoms with van der Waals surface area (Å²) in [6.07, 6.45) is 4.44. The number of benzene rings is 1. The van der Waals surface area contributed by atoms with E-state index in [1.165, 1.54) is 0 Å². The molecule has 2 nitrogen and oxygen atoms in total. The van der Waals surface area contributed by atoms with Crippen molar-refractivity contribution in [2.45, 2.75) is 12.5 Å². The van der Waals surface area contributed by atoms with E-state index in [2.05, 4.69) is 17.6 Å². The largest absolute Gasteiger partial charge is 0.324 e. The maximum absolute atomic E-state index is 6.07. The van der Waals surface area contributed by atoms with Gasteiger partial charge in [0.1, 0.15) is 0 Å². The van der Waals surface area contributed by atoms with Crippen LogP contribution in [0.1, 0.15) is 18.0 Å². The lowest BCUT2D eigenvalue weighted by molar-refractivity contribution is 0.747. The molecule has 15 heavy (non-hydrogen) atoms. The molecule has 1 aromatic carbocycles. The molecule has 1 atom stereocenters. The van der Waals surface area contributed by atoms with Gasteiger partial charge in [-0.1, -0.05) is 24.3 Å². The van der Waals surface area contributed by atoms with Crippen molar-refractivity contribution in [1.82, 2.24) is 4.98 Å². The Morgan fingerprint density at radius 2 is 2.13 bits per heavy atom. The summed E-state index contributed by atoms with van der Waals surface area (Å²) in [7, 11) is 0. The fourth-order valence-corrected chi connectivity index (χ4v) is 1.75. The van der Waals surface area contributed by atoms with Gasteiger partial charge in [-0.2, -0.15) is 0 Å². The van der Waals surface area contributed by atoms with Crippen LogP contribution in [-0.4, -0.2) is 4.98 Å². The van der Waals surface area contributed by atoms with Crippen LogP contribution in [0, 0.1) is 0 Å². The van der Waals surface area contributed by atoms with Crippen LogP contribution in [0.2, 0.25) is 0 Å². The standard InChI is InChI=1S/C13H14N2/c1-2-5-12(14)10-8-9-15-13-7-4-3-6-11(10)13/h2-4,6-9,12H,1,5,14H2/t12-/m1/s1. The number of rotatable bonds is 3. The molecule has 0 aliphatic rings. The zero-order valence-electron chi connectivity index (χ0n) is 8.56. The van der Waals surface area contributed by atoms with E-state index in [4.69, 9.17) is 5.73 Å². The Bertz CT molecular complexity index is 471. The minimum Gasteiger partial charge on any atom is -0.324 e. The summed E-state index contributed by atoms with van der Waals surface area (Å²) in [4.78, 5) is 4.30. The molecule has 0 saturated carbocycles. The summed E-state index contributed by atoms with van der Waals surface area (Å²) in [5, 5.41) is 1.13. The molecule has 0 aliphatic carbocycles. The van der Waals surface area contributed by atoms with Gasteiger partial charge in [0.2, 0.25) is 0 Å². The van der Waals surface area contributed by atoms with Crippen LogP contribution >= 0.6 is 0 Å². The van der Waals surface area contributed by atoms with E-state index in [1.54, 1.807) is 6.20 Å². The highest BCUT2D eigenvalue weighted by atomic mass is 14.7. The van der Waals surface area contributed by atoms with Crippen LogP contribution < -0.4 is 5.73 Å². The molecule has 0 radical (unpaired) electrons. The Kier molecular flexibility index (Phi) is 2.79. The smallest absolute Gasteiger partial charge is 0.0705 e. The quantitative estimate of drug-likeness (QED) is 0.770. The summed E-state index contributed by atoms with van der Waals surface area (Å²) >= 11 is 0. The zero-order valence-corrected chi connectivity index (χ0v) is 8.56. The molecule has 0 fully saturated rings. The van der Waals surface area contributed by atoms with Crippen LogP contribution in [0.3, 0.4) is 0 Å². The topological polar surface area (TPSA) is 38.9 Å². The number of hydrogen-bond acceptors (Lipinski definition) is 2. The minimum absolute atomic E-state index is 0.00963. The van der Waals surface area contributed by atoms with Crippen molar-refractivity contribution in [3.05, 3.63) is 54.7 Å². The van der Waals surface area contributed by atoms with Gasteiger partial charge in [0, 0.05) is 17.6 Å². The number of nitrogens with zero attached hydrogens (tertiary/aromatic N) is 1. The van der Waals surface area contributed by atoms with Gasteiger partial charge in [-0.05, 0) is 24.1 Å². The molecule has 0 unspecified atom stereocenters. The van der Waals surface area contributed by atoms with Crippen molar-refractivity contribution >= 4 is 10.9 Å². The van der Waals surface area contributed by atoms with Gasteiger partial charge in [0.25, 0.3) is 0 Å². The Morgan fingerprint density at radius 1 is 1.33 bits per heavy atom. The van der Waals surface area contributed by atoms with Gasteiger partial charge in [-0.25, -0.2) is 0 Å². The van der Waals surface area contributed by atoms with Crippen LogP contribution in [-0.2, 0) is 0 Å². The molecular formula is C13H14N2. The maximum atomic E-state index is 6.07. The number of fused-ring (bicyclic) bond motifs is 1. The van der Waals surface area contributed by atoms with Crippen LogP contribution in [0.15, 0.2) is 49.2 Å². The maximum Gasteiger partial charge on any atom is 0.0705 e. The van der Waals surface area contributed by atoms with Crippen molar-refractivity contribution in [3.63, 3.8) is 0 Å². The Balaban J connectivity index is 2.55. The summed E-state index contributed by atoms with van der Waals surface area (Å²) in [5.41, 5.74) is 8.21. The number of hydrogen-bond donors (Lipinski definition) is 1. The van der Waals surface area contributed by atoms with E-state index in [0.717, 1.165) is 22.9 Å². The number of para-hydroxylation sites is 1. The first kappa shape index (κ1) is 9.87. The van der Waals surface area contributed by atoms with E-state index >= 15 is 0 Å². The fourth-order valence-electron chi connectivity index (χ4n) is 1.75. The molecular weight excluding hydrogens is 184 g/mol. The average molecular weight is 198 g/mol. The Hall–Kier alpha value is -1.67. The number of nitrogens with two attached hydrogens (primary N) is 1. The first-order valence-corrected chi connectivity index (χ1v) is 5.03. The van der Waals surface area contributed by atoms with E-state index < -0.39 is 0 Å². The third kappa shape index (κ3) is 1.90. The van der Waals surface area contributed by atoms with Crippen molar-refractivity contribution in [3.8, 4) is 0 Å². The molecule has 1 heterocycles. The average Bonchev–Trinajstić information content (AvgIpc) is 2.28. The molecule has 0 amide bonds. The molecule has 2 rings (SSSR count). The van der Waals surface area contributed by atoms with Crippen LogP contribution in [0.5, 0.6) is 0 Å². The SMILES string of the molecule is C=CC[C@@H](N)c1ccnc2ccccc12. The van der Waals surface area contributed by atoms with Gasteiger partial charge in [-0.15, -0.1) is 6.58 Å². The molecule has 2 heteroatoms. The second kappa shape index (κ2) is 4.24. The molecule has 0 bridgehead atoms. The highest BCUT2D eigenvalue weighted by Crippen LogP contribution is 2.23. The second-order valence-electron chi connectivity index (χ2n) is 3.55. The molecule has 2 N–H and O–H groups in total. The highest BCUT2D eigenvalue weighted by molar-refractivity contribution is 5.82. The lowest BCUT2D eigenvalue weighted by Crippen LogP contribution is -2.09. The van der Waals surface area contributed by atoms with Crippen LogP contribution in [0.25, 0.3) is 10.9 Å². The van der Waals surface area contributed by atoms with Crippen molar-refractivity contribution in [1.29, 1.82) is 0 Å². The first-order valence-electron chi connectivity index (χ1n) is 5.03. The Morgan fingerprint density at radius 3 is 2.93 bits per heavy atom. The second-order valence-corrected chi connectivity index (χ2v) is 3.55. The molecule has 0 spiro atoms. The molecule has 1 aromatic heterocycles. The lowest BCUT2D eigenvalue weighted by atomic mass is 10.0. The fraction of sp³-hybridized carbons (Fsp3) is 0.154. The van der Waals surface area contributed by atoms with E-state index in [1.807, 2.05) is 30.3 Å². The van der Waals surface area contributed by atoms with Gasteiger partial charge in [0.15, 0.2) is 0 Å². The van der Waals surface area contributed by atoms with Gasteiger partial charge in [0.05, 0.1) is 5.52 Å². The Labute approximate surface area is 89.4 Å². The third-order valence-corrected chi connectivity index (χ3v) is 2.50. The van der Waals surface area contributed by atoms with E-state index in [9.17, 15) is 0 Å². The van der Waals surface area contributed by atoms with Gasteiger partial charge < -0.3 is 5.73 Å². The molecule has 2 aromatic rings. The summed E-state index contributed by atoms with van der Waals surface area (Å²) < 4.78 is 0. The summed E-state index contributed by atoms with van der Waals surface area (Å²) in [6.45, 7) is 3.71. The monoisotopic (exact) mass is 198 g/mol. The van der Waals surface area contributed by atoms with Gasteiger partial charge in [-0.3, -0.25) is 4.98 Å². The highest BCUT2D eigenvalue weighted by Gasteiger charge is 2.07. The number of pyridine rings is 1.